The molecule has 0 amide bonds. The Morgan fingerprint density at radius 3 is 2.31 bits per heavy atom. The van der Waals surface area contributed by atoms with E-state index in [0.29, 0.717) is 49.5 Å². The number of aromatic nitrogens is 1. The van der Waals surface area contributed by atoms with E-state index in [2.05, 4.69) is 0 Å². The maximum absolute atomic E-state index is 13.4. The Balaban J connectivity index is 1.33. The average Bonchev–Trinajstić information content (AvgIpc) is 3.29. The van der Waals surface area contributed by atoms with Gasteiger partial charge in [0.15, 0.2) is 11.6 Å². The molecule has 0 saturated heterocycles. The molecule has 4 rings (SSSR count). The molecule has 0 aliphatic heterocycles. The van der Waals surface area contributed by atoms with E-state index in [1.165, 1.54) is 0 Å². The quantitative estimate of drug-likeness (QED) is 0.115. The Morgan fingerprint density at radius 2 is 1.60 bits per heavy atom. The first-order chi connectivity index (χ1) is 20.2. The second-order valence-corrected chi connectivity index (χ2v) is 10.0. The van der Waals surface area contributed by atoms with E-state index >= 15 is 0 Å². The minimum Gasteiger partial charge on any atom is -0.494 e. The van der Waals surface area contributed by atoms with Crippen LogP contribution in [0.5, 0.6) is 11.5 Å². The number of aryl methyl sites for hydroxylation is 2. The molecule has 7 nitrogen and oxygen atoms in total. The van der Waals surface area contributed by atoms with Gasteiger partial charge in [0.2, 0.25) is 0 Å². The Kier molecular flexibility index (Phi) is 10.3. The lowest BCUT2D eigenvalue weighted by atomic mass is 10.0. The molecule has 0 bridgehead atoms. The minimum atomic E-state index is -0.954. The number of ether oxygens (including phenoxy) is 2. The molecule has 220 valence electrons. The molecule has 42 heavy (non-hydrogen) atoms. The highest BCUT2D eigenvalue weighted by atomic mass is 19.2. The number of fused-ring (bicyclic) bond motifs is 1. The highest BCUT2D eigenvalue weighted by Crippen LogP contribution is 2.28. The molecular weight excluding hydrogens is 544 g/mol. The SMILES string of the molecule is Cc1cc(F)c(F)cc1OCCCCOc1ccc(/C=C/c2cccc3c(CCCC(=O)O)cn(CC(=O)O)c23)cc1. The predicted molar refractivity (Wildman–Crippen MR) is 157 cm³/mol. The zero-order valence-corrected chi connectivity index (χ0v) is 23.3. The summed E-state index contributed by atoms with van der Waals surface area (Å²) in [6, 6.07) is 15.5. The molecule has 1 heterocycles. The smallest absolute Gasteiger partial charge is 0.323 e. The van der Waals surface area contributed by atoms with Gasteiger partial charge in [-0.25, -0.2) is 8.78 Å². The van der Waals surface area contributed by atoms with Gasteiger partial charge in [-0.15, -0.1) is 0 Å². The molecular formula is C33H33F2NO6. The minimum absolute atomic E-state index is 0.0544. The summed E-state index contributed by atoms with van der Waals surface area (Å²) in [7, 11) is 0. The van der Waals surface area contributed by atoms with Crippen LogP contribution in [0.2, 0.25) is 0 Å². The fourth-order valence-corrected chi connectivity index (χ4v) is 4.72. The number of para-hydroxylation sites is 1. The fraction of sp³-hybridized carbons (Fsp3) is 0.273. The molecule has 9 heteroatoms. The van der Waals surface area contributed by atoms with E-state index in [1.54, 1.807) is 17.7 Å². The summed E-state index contributed by atoms with van der Waals surface area (Å²) in [6.45, 7) is 2.32. The standard InChI is InChI=1S/C33H33F2NO6/c1-22-18-28(34)29(35)19-30(22)42-17-3-2-16-41-26-14-11-23(12-15-26)10-13-24-6-4-8-27-25(7-5-9-31(37)38)20-36(33(24)27)21-32(39)40/h4,6,8,10-15,18-20H,2-3,5,7,9,16-17,21H2,1H3,(H,37,38)(H,39,40)/b13-10+. The van der Waals surface area contributed by atoms with Crippen LogP contribution in [0.3, 0.4) is 0 Å². The Hall–Kier alpha value is -4.66. The van der Waals surface area contributed by atoms with Crippen LogP contribution in [-0.4, -0.2) is 39.9 Å². The van der Waals surface area contributed by atoms with Crippen molar-refractivity contribution in [3.05, 3.63) is 94.7 Å². The van der Waals surface area contributed by atoms with Gasteiger partial charge >= 0.3 is 11.9 Å². The van der Waals surface area contributed by atoms with Crippen LogP contribution in [0.15, 0.2) is 60.8 Å². The van der Waals surface area contributed by atoms with Gasteiger partial charge < -0.3 is 24.3 Å². The third-order valence-corrected chi connectivity index (χ3v) is 6.77. The molecule has 4 aromatic rings. The summed E-state index contributed by atoms with van der Waals surface area (Å²) in [5.41, 5.74) is 4.07. The summed E-state index contributed by atoms with van der Waals surface area (Å²) < 4.78 is 39.7. The summed E-state index contributed by atoms with van der Waals surface area (Å²) in [6.07, 6.45) is 8.17. The van der Waals surface area contributed by atoms with E-state index in [-0.39, 0.29) is 13.0 Å². The van der Waals surface area contributed by atoms with Crippen molar-refractivity contribution in [2.45, 2.75) is 45.6 Å². The zero-order chi connectivity index (χ0) is 30.1. The number of carbonyl (C=O) groups is 2. The maximum atomic E-state index is 13.4. The number of hydrogen-bond acceptors (Lipinski definition) is 4. The van der Waals surface area contributed by atoms with Crippen LogP contribution in [0, 0.1) is 18.6 Å². The molecule has 1 aromatic heterocycles. The van der Waals surface area contributed by atoms with Gasteiger partial charge in [0.05, 0.1) is 18.7 Å². The molecule has 0 aliphatic rings. The number of unbranched alkanes of at least 4 members (excludes halogenated alkanes) is 1. The molecule has 0 aliphatic carbocycles. The van der Waals surface area contributed by atoms with Crippen molar-refractivity contribution in [3.8, 4) is 11.5 Å². The number of carboxylic acid groups (broad SMARTS) is 2. The molecule has 0 unspecified atom stereocenters. The number of rotatable bonds is 15. The van der Waals surface area contributed by atoms with Crippen molar-refractivity contribution >= 4 is 35.0 Å². The normalized spacial score (nSPS) is 11.3. The van der Waals surface area contributed by atoms with E-state index in [1.807, 2.05) is 54.6 Å². The fourth-order valence-electron chi connectivity index (χ4n) is 4.72. The Morgan fingerprint density at radius 1 is 0.881 bits per heavy atom. The molecule has 0 saturated carbocycles. The van der Waals surface area contributed by atoms with Crippen LogP contribution in [-0.2, 0) is 22.6 Å². The number of nitrogens with zero attached hydrogens (tertiary/aromatic N) is 1. The third kappa shape index (κ3) is 8.19. The topological polar surface area (TPSA) is 98.0 Å². The number of benzene rings is 3. The molecule has 0 spiro atoms. The van der Waals surface area contributed by atoms with Crippen LogP contribution in [0.4, 0.5) is 8.78 Å². The lowest BCUT2D eigenvalue weighted by Gasteiger charge is -2.10. The first-order valence-electron chi connectivity index (χ1n) is 13.7. The number of aliphatic carboxylic acids is 2. The summed E-state index contributed by atoms with van der Waals surface area (Å²) in [4.78, 5) is 22.4. The Bertz CT molecular complexity index is 1580. The van der Waals surface area contributed by atoms with Crippen molar-refractivity contribution < 1.29 is 38.1 Å². The number of halogens is 2. The van der Waals surface area contributed by atoms with Crippen LogP contribution in [0.25, 0.3) is 23.1 Å². The Labute approximate surface area is 242 Å². The molecule has 0 radical (unpaired) electrons. The first kappa shape index (κ1) is 30.3. The maximum Gasteiger partial charge on any atom is 0.323 e. The van der Waals surface area contributed by atoms with E-state index in [9.17, 15) is 23.5 Å². The molecule has 0 fully saturated rings. The van der Waals surface area contributed by atoms with Crippen LogP contribution >= 0.6 is 0 Å². The summed E-state index contributed by atoms with van der Waals surface area (Å²) in [5.74, 6) is -2.58. The first-order valence-corrected chi connectivity index (χ1v) is 13.7. The van der Waals surface area contributed by atoms with Gasteiger partial charge in [-0.2, -0.15) is 0 Å². The van der Waals surface area contributed by atoms with Gasteiger partial charge in [0, 0.05) is 24.1 Å². The second-order valence-electron chi connectivity index (χ2n) is 10.0. The highest BCUT2D eigenvalue weighted by Gasteiger charge is 2.14. The van der Waals surface area contributed by atoms with Crippen molar-refractivity contribution in [2.75, 3.05) is 13.2 Å². The van der Waals surface area contributed by atoms with E-state index in [4.69, 9.17) is 14.6 Å². The van der Waals surface area contributed by atoms with Gasteiger partial charge in [-0.3, -0.25) is 9.59 Å². The van der Waals surface area contributed by atoms with Crippen molar-refractivity contribution in [2.24, 2.45) is 0 Å². The van der Waals surface area contributed by atoms with Crippen molar-refractivity contribution in [3.63, 3.8) is 0 Å². The average molecular weight is 578 g/mol. The van der Waals surface area contributed by atoms with E-state index in [0.717, 1.165) is 46.1 Å². The zero-order valence-electron chi connectivity index (χ0n) is 23.3. The van der Waals surface area contributed by atoms with Gasteiger partial charge in [-0.05, 0) is 73.1 Å². The molecule has 0 atom stereocenters. The van der Waals surface area contributed by atoms with Gasteiger partial charge in [0.1, 0.15) is 18.0 Å². The monoisotopic (exact) mass is 577 g/mol. The second kappa shape index (κ2) is 14.3. The van der Waals surface area contributed by atoms with Crippen LogP contribution in [0.1, 0.15) is 47.9 Å². The lowest BCUT2D eigenvalue weighted by molar-refractivity contribution is -0.138. The predicted octanol–water partition coefficient (Wildman–Crippen LogP) is 7.13. The van der Waals surface area contributed by atoms with Gasteiger partial charge in [-0.1, -0.05) is 42.5 Å². The summed E-state index contributed by atoms with van der Waals surface area (Å²) >= 11 is 0. The highest BCUT2D eigenvalue weighted by molar-refractivity contribution is 5.94. The van der Waals surface area contributed by atoms with Gasteiger partial charge in [0.25, 0.3) is 0 Å². The van der Waals surface area contributed by atoms with Crippen molar-refractivity contribution in [1.29, 1.82) is 0 Å². The number of hydrogen-bond donors (Lipinski definition) is 2. The lowest BCUT2D eigenvalue weighted by Crippen LogP contribution is -2.07. The number of carboxylic acids is 2. The third-order valence-electron chi connectivity index (χ3n) is 6.77. The molecule has 2 N–H and O–H groups in total. The van der Waals surface area contributed by atoms with E-state index < -0.39 is 23.6 Å². The molecule has 3 aromatic carbocycles. The van der Waals surface area contributed by atoms with Crippen LogP contribution < -0.4 is 9.47 Å². The summed E-state index contributed by atoms with van der Waals surface area (Å²) in [5, 5.41) is 19.3. The largest absolute Gasteiger partial charge is 0.494 e. The van der Waals surface area contributed by atoms with Crippen molar-refractivity contribution in [1.82, 2.24) is 4.57 Å².